The molecule has 0 spiro atoms. The minimum atomic E-state index is -0.933. The predicted octanol–water partition coefficient (Wildman–Crippen LogP) is 7.12. The first-order chi connectivity index (χ1) is 16.4. The van der Waals surface area contributed by atoms with Crippen molar-refractivity contribution in [3.8, 4) is 17.1 Å². The maximum atomic E-state index is 11.5. The molecule has 1 aliphatic rings. The summed E-state index contributed by atoms with van der Waals surface area (Å²) in [5.41, 5.74) is 4.48. The number of rotatable bonds is 6. The molecule has 0 amide bonds. The molecule has 0 saturated heterocycles. The molecule has 1 saturated carbocycles. The number of benzene rings is 3. The van der Waals surface area contributed by atoms with E-state index < -0.39 is 5.97 Å². The number of hydrogen-bond acceptors (Lipinski definition) is 3. The van der Waals surface area contributed by atoms with Crippen LogP contribution in [0.5, 0.6) is 5.75 Å². The van der Waals surface area contributed by atoms with Crippen LogP contribution in [0, 0.1) is 5.41 Å². The van der Waals surface area contributed by atoms with Gasteiger partial charge < -0.3 is 14.4 Å². The van der Waals surface area contributed by atoms with Crippen molar-refractivity contribution in [2.75, 3.05) is 0 Å². The number of nitrogens with zero attached hydrogens (tertiary/aromatic N) is 2. The number of ether oxygens (including phenoxy) is 1. The van der Waals surface area contributed by atoms with Crippen LogP contribution < -0.4 is 4.74 Å². The third-order valence-corrected chi connectivity index (χ3v) is 6.97. The van der Waals surface area contributed by atoms with E-state index >= 15 is 0 Å². The molecule has 1 fully saturated rings. The Morgan fingerprint density at radius 1 is 1.03 bits per heavy atom. The standard InChI is InChI=1S/C29H30N2O3/c1-29(2)16-14-23(15-17-29)31-26-13-10-22(28(32)33)18-25(26)30-27(31)21-8-11-24(12-9-21)34-19-20-6-4-3-5-7-20/h3-13,18,23H,14-17,19H2,1-2H3,(H,32,33). The van der Waals surface area contributed by atoms with Gasteiger partial charge in [-0.1, -0.05) is 44.2 Å². The van der Waals surface area contributed by atoms with Crippen LogP contribution in [-0.2, 0) is 6.61 Å². The molecule has 34 heavy (non-hydrogen) atoms. The van der Waals surface area contributed by atoms with Crippen LogP contribution in [0.4, 0.5) is 0 Å². The molecule has 5 rings (SSSR count). The lowest BCUT2D eigenvalue weighted by molar-refractivity contribution is 0.0697. The van der Waals surface area contributed by atoms with Gasteiger partial charge in [-0.15, -0.1) is 0 Å². The maximum Gasteiger partial charge on any atom is 0.335 e. The number of aromatic nitrogens is 2. The summed E-state index contributed by atoms with van der Waals surface area (Å²) >= 11 is 0. The maximum absolute atomic E-state index is 11.5. The molecular formula is C29H30N2O3. The van der Waals surface area contributed by atoms with Crippen molar-refractivity contribution in [3.63, 3.8) is 0 Å². The Bertz CT molecular complexity index is 1300. The molecule has 4 aromatic rings. The zero-order valence-corrected chi connectivity index (χ0v) is 19.7. The summed E-state index contributed by atoms with van der Waals surface area (Å²) in [6.45, 7) is 5.20. The third kappa shape index (κ3) is 4.56. The van der Waals surface area contributed by atoms with Gasteiger partial charge in [0.05, 0.1) is 16.6 Å². The number of fused-ring (bicyclic) bond motifs is 1. The first kappa shape index (κ1) is 22.2. The largest absolute Gasteiger partial charge is 0.489 e. The van der Waals surface area contributed by atoms with Crippen LogP contribution in [0.25, 0.3) is 22.4 Å². The number of hydrogen-bond donors (Lipinski definition) is 1. The predicted molar refractivity (Wildman–Crippen MR) is 134 cm³/mol. The fourth-order valence-corrected chi connectivity index (χ4v) is 4.89. The molecular weight excluding hydrogens is 424 g/mol. The van der Waals surface area contributed by atoms with E-state index in [0.29, 0.717) is 18.1 Å². The molecule has 5 heteroatoms. The van der Waals surface area contributed by atoms with Crippen LogP contribution in [0.15, 0.2) is 72.8 Å². The Balaban J connectivity index is 1.48. The first-order valence-corrected chi connectivity index (χ1v) is 11.9. The lowest BCUT2D eigenvalue weighted by atomic mass is 9.75. The Labute approximate surface area is 200 Å². The number of carbonyl (C=O) groups is 1. The fraction of sp³-hybridized carbons (Fsp3) is 0.310. The van der Waals surface area contributed by atoms with Crippen LogP contribution in [0.2, 0.25) is 0 Å². The van der Waals surface area contributed by atoms with Crippen LogP contribution >= 0.6 is 0 Å². The van der Waals surface area contributed by atoms with Gasteiger partial charge in [0.25, 0.3) is 0 Å². The molecule has 0 aliphatic heterocycles. The van der Waals surface area contributed by atoms with Gasteiger partial charge >= 0.3 is 5.97 Å². The van der Waals surface area contributed by atoms with Crippen molar-refractivity contribution in [2.45, 2.75) is 52.2 Å². The van der Waals surface area contributed by atoms with Gasteiger partial charge in [-0.3, -0.25) is 0 Å². The number of imidazole rings is 1. The van der Waals surface area contributed by atoms with Gasteiger partial charge in [-0.05, 0) is 79.1 Å². The van der Waals surface area contributed by atoms with E-state index in [0.717, 1.165) is 59.4 Å². The van der Waals surface area contributed by atoms with E-state index in [4.69, 9.17) is 9.72 Å². The molecule has 0 bridgehead atoms. The molecule has 1 N–H and O–H groups in total. The van der Waals surface area contributed by atoms with Gasteiger partial charge in [-0.25, -0.2) is 9.78 Å². The summed E-state index contributed by atoms with van der Waals surface area (Å²) in [6.07, 6.45) is 4.50. The Hall–Kier alpha value is -3.60. The average molecular weight is 455 g/mol. The Kier molecular flexibility index (Phi) is 5.86. The van der Waals surface area contributed by atoms with Gasteiger partial charge in [0.1, 0.15) is 18.2 Å². The van der Waals surface area contributed by atoms with E-state index in [-0.39, 0.29) is 5.56 Å². The minimum absolute atomic E-state index is 0.262. The van der Waals surface area contributed by atoms with E-state index in [1.165, 1.54) is 0 Å². The van der Waals surface area contributed by atoms with E-state index in [1.54, 1.807) is 12.1 Å². The van der Waals surface area contributed by atoms with Crippen molar-refractivity contribution < 1.29 is 14.6 Å². The SMILES string of the molecule is CC1(C)CCC(n2c(-c3ccc(OCc4ccccc4)cc3)nc3cc(C(=O)O)ccc32)CC1. The fourth-order valence-electron chi connectivity index (χ4n) is 4.89. The second kappa shape index (κ2) is 8.98. The zero-order valence-electron chi connectivity index (χ0n) is 19.7. The van der Waals surface area contributed by atoms with Gasteiger partial charge in [0.15, 0.2) is 0 Å². The number of carboxylic acids is 1. The summed E-state index contributed by atoms with van der Waals surface area (Å²) in [4.78, 5) is 16.5. The van der Waals surface area contributed by atoms with Crippen molar-refractivity contribution in [2.24, 2.45) is 5.41 Å². The summed E-state index contributed by atoms with van der Waals surface area (Å²) in [5.74, 6) is 0.761. The third-order valence-electron chi connectivity index (χ3n) is 6.97. The summed E-state index contributed by atoms with van der Waals surface area (Å²) in [5, 5.41) is 9.46. The van der Waals surface area contributed by atoms with Gasteiger partial charge in [0, 0.05) is 11.6 Å². The summed E-state index contributed by atoms with van der Waals surface area (Å²) in [6, 6.07) is 23.8. The molecule has 5 nitrogen and oxygen atoms in total. The molecule has 0 radical (unpaired) electrons. The normalized spacial score (nSPS) is 15.9. The number of aromatic carboxylic acids is 1. The van der Waals surface area contributed by atoms with E-state index in [9.17, 15) is 9.90 Å². The van der Waals surface area contributed by atoms with Crippen molar-refractivity contribution in [1.82, 2.24) is 9.55 Å². The lowest BCUT2D eigenvalue weighted by Crippen LogP contribution is -2.23. The van der Waals surface area contributed by atoms with E-state index in [1.807, 2.05) is 60.7 Å². The molecule has 1 heterocycles. The second-order valence-electron chi connectivity index (χ2n) is 10.0. The van der Waals surface area contributed by atoms with Crippen LogP contribution in [0.1, 0.15) is 61.5 Å². The smallest absolute Gasteiger partial charge is 0.335 e. The van der Waals surface area contributed by atoms with E-state index in [2.05, 4.69) is 18.4 Å². The van der Waals surface area contributed by atoms with Crippen molar-refractivity contribution in [3.05, 3.63) is 83.9 Å². The van der Waals surface area contributed by atoms with Crippen molar-refractivity contribution >= 4 is 17.0 Å². The molecule has 1 aromatic heterocycles. The summed E-state index contributed by atoms with van der Waals surface area (Å²) < 4.78 is 8.29. The summed E-state index contributed by atoms with van der Waals surface area (Å²) in [7, 11) is 0. The Morgan fingerprint density at radius 3 is 2.41 bits per heavy atom. The van der Waals surface area contributed by atoms with Crippen LogP contribution in [0.3, 0.4) is 0 Å². The molecule has 0 unspecified atom stereocenters. The highest BCUT2D eigenvalue weighted by Crippen LogP contribution is 2.43. The highest BCUT2D eigenvalue weighted by Gasteiger charge is 2.30. The molecule has 1 aliphatic carbocycles. The average Bonchev–Trinajstić information content (AvgIpc) is 3.22. The van der Waals surface area contributed by atoms with Crippen molar-refractivity contribution in [1.29, 1.82) is 0 Å². The second-order valence-corrected chi connectivity index (χ2v) is 10.0. The quantitative estimate of drug-likeness (QED) is 0.337. The molecule has 3 aromatic carbocycles. The highest BCUT2D eigenvalue weighted by atomic mass is 16.5. The lowest BCUT2D eigenvalue weighted by Gasteiger charge is -2.35. The first-order valence-electron chi connectivity index (χ1n) is 11.9. The molecule has 174 valence electrons. The van der Waals surface area contributed by atoms with Gasteiger partial charge in [0.2, 0.25) is 0 Å². The zero-order chi connectivity index (χ0) is 23.7. The minimum Gasteiger partial charge on any atom is -0.489 e. The topological polar surface area (TPSA) is 64.4 Å². The van der Waals surface area contributed by atoms with Gasteiger partial charge in [-0.2, -0.15) is 0 Å². The molecule has 0 atom stereocenters. The Morgan fingerprint density at radius 2 is 1.74 bits per heavy atom. The highest BCUT2D eigenvalue weighted by molar-refractivity contribution is 5.93. The monoisotopic (exact) mass is 454 g/mol. The van der Waals surface area contributed by atoms with Crippen LogP contribution in [-0.4, -0.2) is 20.6 Å². The number of carboxylic acid groups (broad SMARTS) is 1.